The highest BCUT2D eigenvalue weighted by Crippen LogP contribution is 2.23. The van der Waals surface area contributed by atoms with E-state index in [9.17, 15) is 0 Å². The van der Waals surface area contributed by atoms with Crippen LogP contribution < -0.4 is 10.2 Å². The summed E-state index contributed by atoms with van der Waals surface area (Å²) in [5.74, 6) is 0. The van der Waals surface area contributed by atoms with E-state index in [4.69, 9.17) is 0 Å². The average molecular weight is 203 g/mol. The number of anilines is 1. The molecule has 0 aliphatic carbocycles. The van der Waals surface area contributed by atoms with E-state index in [1.165, 1.54) is 24.9 Å². The van der Waals surface area contributed by atoms with Crippen LogP contribution >= 0.6 is 0 Å². The van der Waals surface area contributed by atoms with Gasteiger partial charge < -0.3 is 10.2 Å². The molecule has 80 valence electrons. The molecule has 2 aliphatic heterocycles. The summed E-state index contributed by atoms with van der Waals surface area (Å²) in [6.45, 7) is 2.28. The number of piperidine rings is 1. The molecular weight excluding hydrogens is 186 g/mol. The predicted octanol–water partition coefficient (Wildman–Crippen LogP) is 1.41. The van der Waals surface area contributed by atoms with Gasteiger partial charge in [-0.1, -0.05) is 6.42 Å². The normalized spacial score (nSPS) is 30.3. The summed E-state index contributed by atoms with van der Waals surface area (Å²) in [6, 6.07) is 5.57. The SMILES string of the molecule is c1cncc(N2CC3CCCC(C2)N3)c1. The number of rotatable bonds is 1. The molecule has 0 aromatic carbocycles. The van der Waals surface area contributed by atoms with Gasteiger partial charge in [0.2, 0.25) is 0 Å². The summed E-state index contributed by atoms with van der Waals surface area (Å²) in [5.41, 5.74) is 1.27. The molecule has 2 fully saturated rings. The van der Waals surface area contributed by atoms with Crippen LogP contribution in [0.2, 0.25) is 0 Å². The number of hydrogen-bond donors (Lipinski definition) is 1. The third kappa shape index (κ3) is 1.84. The molecule has 1 N–H and O–H groups in total. The van der Waals surface area contributed by atoms with Crippen molar-refractivity contribution in [3.05, 3.63) is 24.5 Å². The van der Waals surface area contributed by atoms with Gasteiger partial charge in [-0.05, 0) is 25.0 Å². The highest BCUT2D eigenvalue weighted by molar-refractivity contribution is 5.44. The molecule has 3 nitrogen and oxygen atoms in total. The fourth-order valence-electron chi connectivity index (χ4n) is 2.76. The van der Waals surface area contributed by atoms with Gasteiger partial charge in [-0.3, -0.25) is 4.98 Å². The first-order valence-corrected chi connectivity index (χ1v) is 5.83. The summed E-state index contributed by atoms with van der Waals surface area (Å²) < 4.78 is 0. The molecule has 0 amide bonds. The molecule has 2 bridgehead atoms. The van der Waals surface area contributed by atoms with Crippen LogP contribution in [0.1, 0.15) is 19.3 Å². The number of pyridine rings is 1. The lowest BCUT2D eigenvalue weighted by Gasteiger charge is -2.43. The van der Waals surface area contributed by atoms with Crippen molar-refractivity contribution in [3.63, 3.8) is 0 Å². The topological polar surface area (TPSA) is 28.2 Å². The van der Waals surface area contributed by atoms with E-state index in [0.29, 0.717) is 12.1 Å². The van der Waals surface area contributed by atoms with E-state index >= 15 is 0 Å². The number of nitrogens with zero attached hydrogens (tertiary/aromatic N) is 2. The number of hydrogen-bond acceptors (Lipinski definition) is 3. The monoisotopic (exact) mass is 203 g/mol. The summed E-state index contributed by atoms with van der Waals surface area (Å²) in [6.07, 6.45) is 7.86. The maximum atomic E-state index is 4.19. The van der Waals surface area contributed by atoms with Crippen LogP contribution in [0.5, 0.6) is 0 Å². The van der Waals surface area contributed by atoms with Gasteiger partial charge in [0.25, 0.3) is 0 Å². The minimum absolute atomic E-state index is 0.692. The third-order valence-electron chi connectivity index (χ3n) is 3.47. The van der Waals surface area contributed by atoms with Crippen LogP contribution in [-0.4, -0.2) is 30.2 Å². The maximum absolute atomic E-state index is 4.19. The Morgan fingerprint density at radius 2 is 2.07 bits per heavy atom. The molecule has 3 heterocycles. The van der Waals surface area contributed by atoms with Crippen molar-refractivity contribution < 1.29 is 0 Å². The van der Waals surface area contributed by atoms with Crippen LogP contribution in [0.3, 0.4) is 0 Å². The van der Waals surface area contributed by atoms with Gasteiger partial charge >= 0.3 is 0 Å². The zero-order chi connectivity index (χ0) is 10.1. The smallest absolute Gasteiger partial charge is 0.0553 e. The Hall–Kier alpha value is -1.09. The summed E-state index contributed by atoms with van der Waals surface area (Å²) in [4.78, 5) is 6.66. The van der Waals surface area contributed by atoms with Crippen molar-refractivity contribution in [2.45, 2.75) is 31.3 Å². The molecule has 1 aromatic heterocycles. The Balaban J connectivity index is 1.78. The van der Waals surface area contributed by atoms with Crippen molar-refractivity contribution >= 4 is 5.69 Å². The lowest BCUT2D eigenvalue weighted by molar-refractivity contribution is 0.283. The lowest BCUT2D eigenvalue weighted by atomic mass is 9.94. The highest BCUT2D eigenvalue weighted by Gasteiger charge is 2.29. The largest absolute Gasteiger partial charge is 0.367 e. The standard InChI is InChI=1S/C12H17N3/c1-3-10-8-15(9-11(4-1)14-10)12-5-2-6-13-7-12/h2,5-7,10-11,14H,1,3-4,8-9H2. The summed E-state index contributed by atoms with van der Waals surface area (Å²) in [5, 5.41) is 3.69. The molecule has 1 aromatic rings. The molecule has 2 atom stereocenters. The number of aromatic nitrogens is 1. The molecule has 3 heteroatoms. The average Bonchev–Trinajstić information content (AvgIpc) is 2.30. The fraction of sp³-hybridized carbons (Fsp3) is 0.583. The minimum Gasteiger partial charge on any atom is -0.367 e. The Kier molecular flexibility index (Phi) is 2.33. The van der Waals surface area contributed by atoms with Gasteiger partial charge in [0.15, 0.2) is 0 Å². The van der Waals surface area contributed by atoms with Gasteiger partial charge in [-0.25, -0.2) is 0 Å². The van der Waals surface area contributed by atoms with E-state index in [1.807, 2.05) is 18.5 Å². The fourth-order valence-corrected chi connectivity index (χ4v) is 2.76. The van der Waals surface area contributed by atoms with Crippen molar-refractivity contribution in [1.29, 1.82) is 0 Å². The Bertz CT molecular complexity index is 313. The first-order valence-electron chi connectivity index (χ1n) is 5.83. The molecule has 15 heavy (non-hydrogen) atoms. The molecule has 2 aliphatic rings. The highest BCUT2D eigenvalue weighted by atomic mass is 15.2. The zero-order valence-corrected chi connectivity index (χ0v) is 8.89. The summed E-state index contributed by atoms with van der Waals surface area (Å²) in [7, 11) is 0. The van der Waals surface area contributed by atoms with Crippen molar-refractivity contribution in [1.82, 2.24) is 10.3 Å². The molecule has 2 saturated heterocycles. The molecule has 0 spiro atoms. The van der Waals surface area contributed by atoms with Gasteiger partial charge in [0.1, 0.15) is 0 Å². The second-order valence-electron chi connectivity index (χ2n) is 4.61. The molecule has 0 radical (unpaired) electrons. The van der Waals surface area contributed by atoms with Gasteiger partial charge in [-0.2, -0.15) is 0 Å². The lowest BCUT2D eigenvalue weighted by Crippen LogP contribution is -2.58. The predicted molar refractivity (Wildman–Crippen MR) is 61.0 cm³/mol. The Morgan fingerprint density at radius 3 is 2.73 bits per heavy atom. The van der Waals surface area contributed by atoms with E-state index < -0.39 is 0 Å². The van der Waals surface area contributed by atoms with Crippen LogP contribution in [0.4, 0.5) is 5.69 Å². The minimum atomic E-state index is 0.692. The third-order valence-corrected chi connectivity index (χ3v) is 3.47. The van der Waals surface area contributed by atoms with E-state index in [-0.39, 0.29) is 0 Å². The van der Waals surface area contributed by atoms with Gasteiger partial charge in [0, 0.05) is 31.4 Å². The number of piperazine rings is 1. The van der Waals surface area contributed by atoms with Crippen LogP contribution in [0.25, 0.3) is 0 Å². The second-order valence-corrected chi connectivity index (χ2v) is 4.61. The maximum Gasteiger partial charge on any atom is 0.0553 e. The van der Waals surface area contributed by atoms with Crippen LogP contribution in [0, 0.1) is 0 Å². The van der Waals surface area contributed by atoms with Gasteiger partial charge in [0.05, 0.1) is 11.9 Å². The van der Waals surface area contributed by atoms with Crippen molar-refractivity contribution in [2.75, 3.05) is 18.0 Å². The van der Waals surface area contributed by atoms with Gasteiger partial charge in [-0.15, -0.1) is 0 Å². The van der Waals surface area contributed by atoms with Crippen molar-refractivity contribution in [3.8, 4) is 0 Å². The molecule has 0 saturated carbocycles. The van der Waals surface area contributed by atoms with Crippen molar-refractivity contribution in [2.24, 2.45) is 0 Å². The molecular formula is C12H17N3. The van der Waals surface area contributed by atoms with E-state index in [0.717, 1.165) is 13.1 Å². The van der Waals surface area contributed by atoms with E-state index in [1.54, 1.807) is 0 Å². The molecule has 2 unspecified atom stereocenters. The molecule has 3 rings (SSSR count). The second kappa shape index (κ2) is 3.81. The summed E-state index contributed by atoms with van der Waals surface area (Å²) >= 11 is 0. The Morgan fingerprint density at radius 1 is 1.27 bits per heavy atom. The number of nitrogens with one attached hydrogen (secondary N) is 1. The van der Waals surface area contributed by atoms with E-state index in [2.05, 4.69) is 21.3 Å². The number of fused-ring (bicyclic) bond motifs is 2. The Labute approximate surface area is 90.5 Å². The first-order chi connectivity index (χ1) is 7.42. The van der Waals surface area contributed by atoms with Crippen LogP contribution in [-0.2, 0) is 0 Å². The zero-order valence-electron chi connectivity index (χ0n) is 8.89. The quantitative estimate of drug-likeness (QED) is 0.748. The van der Waals surface area contributed by atoms with Crippen LogP contribution in [0.15, 0.2) is 24.5 Å². The first kappa shape index (κ1) is 9.16.